The predicted octanol–water partition coefficient (Wildman–Crippen LogP) is 8.27. The second-order valence-corrected chi connectivity index (χ2v) is 28.5. The average Bonchev–Trinajstić information content (AvgIpc) is 4.07. The van der Waals surface area contributed by atoms with Crippen LogP contribution in [0.4, 0.5) is 0 Å². The van der Waals surface area contributed by atoms with E-state index in [1.54, 1.807) is 0 Å². The van der Waals surface area contributed by atoms with Crippen molar-refractivity contribution < 1.29 is 45.0 Å². The lowest BCUT2D eigenvalue weighted by Crippen LogP contribution is -2.62. The Bertz CT molecular complexity index is 1930. The molecule has 0 heterocycles. The molecule has 0 saturated heterocycles. The highest BCUT2D eigenvalue weighted by Gasteiger charge is 2.67. The number of hydrogen-bond acceptors (Lipinski definition) is 10. The van der Waals surface area contributed by atoms with Crippen molar-refractivity contribution in [2.24, 2.45) is 98.4 Å². The lowest BCUT2D eigenvalue weighted by atomic mass is 9.43. The van der Waals surface area contributed by atoms with Crippen LogP contribution in [-0.4, -0.2) is 123 Å². The molecule has 8 aliphatic rings. The van der Waals surface area contributed by atoms with Gasteiger partial charge in [0, 0.05) is 45.4 Å². The highest BCUT2D eigenvalue weighted by molar-refractivity contribution is 5.77. The summed E-state index contributed by atoms with van der Waals surface area (Å²) in [5.41, 5.74) is 5.20. The largest absolute Gasteiger partial charge is 0.393 e. The van der Waals surface area contributed by atoms with Crippen LogP contribution in [0.25, 0.3) is 0 Å². The van der Waals surface area contributed by atoms with Gasteiger partial charge in [-0.25, -0.2) is 0 Å². The molecule has 0 bridgehead atoms. The van der Waals surface area contributed by atoms with E-state index in [1.807, 2.05) is 4.90 Å². The summed E-state index contributed by atoms with van der Waals surface area (Å²) in [5.74, 6) is 3.31. The molecule has 76 heavy (non-hydrogen) atoms. The zero-order valence-electron chi connectivity index (χ0n) is 48.5. The van der Waals surface area contributed by atoms with Gasteiger partial charge in [-0.2, -0.15) is 0 Å². The lowest BCUT2D eigenvalue weighted by molar-refractivity contribution is -0.207. The molecule has 0 spiro atoms. The first-order chi connectivity index (χ1) is 36.2. The minimum atomic E-state index is -0.444. The summed E-state index contributed by atoms with van der Waals surface area (Å²) in [6.45, 7) is 16.7. The number of carbonyl (C=O) groups is 3. The molecule has 0 radical (unpaired) electrons. The maximum Gasteiger partial charge on any atom is 0.222 e. The Kier molecular flexibility index (Phi) is 20.2. The fourth-order valence-corrected chi connectivity index (χ4v) is 20.2. The van der Waals surface area contributed by atoms with E-state index in [2.05, 4.69) is 52.2 Å². The van der Waals surface area contributed by atoms with Gasteiger partial charge in [0.05, 0.1) is 36.6 Å². The number of fused-ring (bicyclic) bond motifs is 10. The van der Waals surface area contributed by atoms with Crippen LogP contribution in [0, 0.1) is 92.7 Å². The standard InChI is InChI=1S/C63H110N4O9/c1-39(45-18-20-47-58-49(37-53(72)62(45,47)5)60(3)26-24-43(68)33-41(60)35-51(58)70)16-22-55(74)65-29-12-13-31-67(57(76)15-10-8-7-9-11-28-64)32-14-30-66-56(75)23-17-40(2)46-19-21-48-59-50(38-54(73)63(46,48)6)61(4)27-25-44(69)34-42(61)36-52(59)71/h39-54,58-59,68-73H,7-38,64H2,1-6H3,(H,65,74)(H,66,75)/t39-,40-,41?,42?,43?,44?,45?,46?,47?,48?,49?,50?,51?,52?,53?,54?,58?,59?,60?,61?,62?,63?/m1/s1. The van der Waals surface area contributed by atoms with Gasteiger partial charge < -0.3 is 51.9 Å². The first-order valence-electron chi connectivity index (χ1n) is 31.8. The molecular weight excluding hydrogens is 957 g/mol. The zero-order valence-corrected chi connectivity index (χ0v) is 48.5. The number of carbonyl (C=O) groups excluding carboxylic acids is 3. The van der Waals surface area contributed by atoms with E-state index in [1.165, 1.54) is 0 Å². The second-order valence-electron chi connectivity index (χ2n) is 28.5. The SMILES string of the molecule is C[C@H](CCC(=O)NCCCCN(CCCNC(=O)CC[C@@H](C)C1CCC2C3C(O)CC4CC(O)CCC4(C)C3CC(O)C21C)C(=O)CCCCCCCN)C1CCC2C3C(O)CC4CC(O)CCC4(C)C3CC(O)C21C. The molecule has 0 aliphatic heterocycles. The molecular formula is C63H110N4O9. The monoisotopic (exact) mass is 1070 g/mol. The van der Waals surface area contributed by atoms with Crippen LogP contribution in [0.5, 0.6) is 0 Å². The van der Waals surface area contributed by atoms with E-state index in [9.17, 15) is 45.0 Å². The van der Waals surface area contributed by atoms with Crippen LogP contribution in [0.3, 0.4) is 0 Å². The molecule has 22 atom stereocenters. The molecule has 13 nitrogen and oxygen atoms in total. The molecule has 436 valence electrons. The minimum absolute atomic E-state index is 0.0255. The van der Waals surface area contributed by atoms with Crippen molar-refractivity contribution >= 4 is 17.7 Å². The van der Waals surface area contributed by atoms with Gasteiger partial charge in [-0.15, -0.1) is 0 Å². The summed E-state index contributed by atoms with van der Waals surface area (Å²) in [5, 5.41) is 74.7. The topological polar surface area (TPSA) is 226 Å². The fourth-order valence-electron chi connectivity index (χ4n) is 20.2. The molecule has 8 fully saturated rings. The van der Waals surface area contributed by atoms with Crippen molar-refractivity contribution in [3.63, 3.8) is 0 Å². The maximum absolute atomic E-state index is 13.6. The number of amides is 3. The molecule has 8 saturated carbocycles. The van der Waals surface area contributed by atoms with Gasteiger partial charge in [-0.05, 0) is 234 Å². The fraction of sp³-hybridized carbons (Fsp3) is 0.952. The molecule has 0 aromatic heterocycles. The van der Waals surface area contributed by atoms with Gasteiger partial charge >= 0.3 is 0 Å². The summed E-state index contributed by atoms with van der Waals surface area (Å²) in [7, 11) is 0. The molecule has 13 heteroatoms. The third-order valence-corrected chi connectivity index (χ3v) is 24.7. The van der Waals surface area contributed by atoms with Crippen molar-refractivity contribution in [2.45, 2.75) is 252 Å². The number of nitrogens with zero attached hydrogens (tertiary/aromatic N) is 1. The van der Waals surface area contributed by atoms with Crippen molar-refractivity contribution in [2.75, 3.05) is 32.7 Å². The van der Waals surface area contributed by atoms with Gasteiger partial charge in [0.15, 0.2) is 0 Å². The van der Waals surface area contributed by atoms with Crippen LogP contribution >= 0.6 is 0 Å². The predicted molar refractivity (Wildman–Crippen MR) is 298 cm³/mol. The number of hydrogen-bond donors (Lipinski definition) is 9. The van der Waals surface area contributed by atoms with Gasteiger partial charge in [0.1, 0.15) is 0 Å². The van der Waals surface area contributed by atoms with Crippen LogP contribution in [0.1, 0.15) is 215 Å². The summed E-state index contributed by atoms with van der Waals surface area (Å²) in [6.07, 6.45) is 19.9. The highest BCUT2D eigenvalue weighted by atomic mass is 16.3. The smallest absolute Gasteiger partial charge is 0.222 e. The van der Waals surface area contributed by atoms with E-state index in [4.69, 9.17) is 5.73 Å². The van der Waals surface area contributed by atoms with Crippen LogP contribution < -0.4 is 16.4 Å². The first-order valence-corrected chi connectivity index (χ1v) is 31.8. The van der Waals surface area contributed by atoms with Gasteiger partial charge in [0.2, 0.25) is 17.7 Å². The number of nitrogens with two attached hydrogens (primary N) is 1. The number of aliphatic hydroxyl groups excluding tert-OH is 6. The van der Waals surface area contributed by atoms with E-state index in [-0.39, 0.29) is 105 Å². The third kappa shape index (κ3) is 12.2. The Labute approximate surface area is 459 Å². The first kappa shape index (κ1) is 60.2. The van der Waals surface area contributed by atoms with E-state index < -0.39 is 24.4 Å². The van der Waals surface area contributed by atoms with Crippen LogP contribution in [0.15, 0.2) is 0 Å². The van der Waals surface area contributed by atoms with Crippen LogP contribution in [-0.2, 0) is 14.4 Å². The average molecular weight is 1070 g/mol. The van der Waals surface area contributed by atoms with Crippen LogP contribution in [0.2, 0.25) is 0 Å². The highest BCUT2D eigenvalue weighted by Crippen LogP contribution is 2.70. The van der Waals surface area contributed by atoms with Gasteiger partial charge in [0.25, 0.3) is 0 Å². The Balaban J connectivity index is 0.749. The Morgan fingerprint density at radius 2 is 0.974 bits per heavy atom. The molecule has 0 aromatic rings. The maximum atomic E-state index is 13.6. The van der Waals surface area contributed by atoms with Crippen molar-refractivity contribution in [1.82, 2.24) is 15.5 Å². The quantitative estimate of drug-likeness (QED) is 0.0421. The molecule has 10 N–H and O–H groups in total. The lowest BCUT2D eigenvalue weighted by Gasteiger charge is -2.63. The molecule has 0 aromatic carbocycles. The molecule has 8 aliphatic carbocycles. The number of aliphatic hydroxyl groups is 6. The van der Waals surface area contributed by atoms with E-state index in [0.29, 0.717) is 89.0 Å². The summed E-state index contributed by atoms with van der Waals surface area (Å²) in [6, 6.07) is 0. The number of rotatable bonds is 24. The summed E-state index contributed by atoms with van der Waals surface area (Å²) >= 11 is 0. The minimum Gasteiger partial charge on any atom is -0.393 e. The van der Waals surface area contributed by atoms with Gasteiger partial charge in [-0.1, -0.05) is 60.8 Å². The Morgan fingerprint density at radius 1 is 0.526 bits per heavy atom. The molecule has 3 amide bonds. The number of unbranched alkanes of at least 4 members (excludes halogenated alkanes) is 5. The molecule has 20 unspecified atom stereocenters. The third-order valence-electron chi connectivity index (χ3n) is 24.7. The Morgan fingerprint density at radius 3 is 1.46 bits per heavy atom. The summed E-state index contributed by atoms with van der Waals surface area (Å²) in [4.78, 5) is 42.1. The van der Waals surface area contributed by atoms with E-state index in [0.717, 1.165) is 135 Å². The second kappa shape index (κ2) is 25.5. The number of nitrogens with one attached hydrogen (secondary N) is 2. The van der Waals surface area contributed by atoms with Crippen molar-refractivity contribution in [3.05, 3.63) is 0 Å². The van der Waals surface area contributed by atoms with Crippen molar-refractivity contribution in [1.29, 1.82) is 0 Å². The Hall–Kier alpha value is -1.87. The van der Waals surface area contributed by atoms with Gasteiger partial charge in [-0.3, -0.25) is 14.4 Å². The van der Waals surface area contributed by atoms with E-state index >= 15 is 0 Å². The summed E-state index contributed by atoms with van der Waals surface area (Å²) < 4.78 is 0. The normalized spacial score (nSPS) is 43.3. The molecule has 8 rings (SSSR count). The zero-order chi connectivity index (χ0) is 54.7. The van der Waals surface area contributed by atoms with Crippen molar-refractivity contribution in [3.8, 4) is 0 Å².